The predicted molar refractivity (Wildman–Crippen MR) is 112 cm³/mol. The Hall–Kier alpha value is -3.41. The fraction of sp³-hybridized carbons (Fsp3) is 0.261. The molecule has 6 nitrogen and oxygen atoms in total. The quantitative estimate of drug-likeness (QED) is 0.596. The number of rotatable bonds is 5. The van der Waals surface area contributed by atoms with E-state index in [0.717, 1.165) is 11.3 Å². The molecule has 29 heavy (non-hydrogen) atoms. The van der Waals surface area contributed by atoms with Crippen LogP contribution in [0.5, 0.6) is 0 Å². The first-order chi connectivity index (χ1) is 14.0. The molecule has 150 valence electrons. The molecule has 0 radical (unpaired) electrons. The van der Waals surface area contributed by atoms with Gasteiger partial charge in [0.25, 0.3) is 0 Å². The highest BCUT2D eigenvalue weighted by Crippen LogP contribution is 2.29. The number of methoxy groups -OCH3 is 1. The second-order valence-corrected chi connectivity index (χ2v) is 7.02. The number of carbonyl (C=O) groups excluding carboxylic acids is 3. The molecule has 1 aliphatic rings. The third-order valence-corrected chi connectivity index (χ3v) is 5.08. The first-order valence-corrected chi connectivity index (χ1v) is 9.50. The monoisotopic (exact) mass is 392 g/mol. The third kappa shape index (κ3) is 4.90. The van der Waals surface area contributed by atoms with E-state index in [0.29, 0.717) is 24.1 Å². The summed E-state index contributed by atoms with van der Waals surface area (Å²) in [6.45, 7) is 1.93. The summed E-state index contributed by atoms with van der Waals surface area (Å²) in [4.78, 5) is 37.2. The van der Waals surface area contributed by atoms with Crippen LogP contribution in [0.3, 0.4) is 0 Å². The second kappa shape index (κ2) is 9.19. The number of ether oxygens (including phenoxy) is 1. The highest BCUT2D eigenvalue weighted by atomic mass is 16.5. The second-order valence-electron chi connectivity index (χ2n) is 7.02. The van der Waals surface area contributed by atoms with Gasteiger partial charge in [-0.05, 0) is 55.7 Å². The molecule has 0 aromatic heterocycles. The maximum absolute atomic E-state index is 12.9. The Morgan fingerprint density at radius 2 is 1.45 bits per heavy atom. The van der Waals surface area contributed by atoms with Crippen LogP contribution in [0.25, 0.3) is 0 Å². The van der Waals surface area contributed by atoms with Crippen molar-refractivity contribution >= 4 is 29.2 Å². The van der Waals surface area contributed by atoms with E-state index in [-0.39, 0.29) is 11.8 Å². The Balaban J connectivity index is 1.69. The lowest BCUT2D eigenvalue weighted by molar-refractivity contribution is -0.129. The summed E-state index contributed by atoms with van der Waals surface area (Å²) in [5, 5.41) is 5.80. The number of nitrogens with one attached hydrogen (secondary N) is 2. The van der Waals surface area contributed by atoms with Gasteiger partial charge in [0.1, 0.15) is 0 Å². The molecule has 0 aliphatic heterocycles. The minimum Gasteiger partial charge on any atom is -0.465 e. The van der Waals surface area contributed by atoms with Gasteiger partial charge >= 0.3 is 5.97 Å². The molecule has 2 amide bonds. The molecule has 2 unspecified atom stereocenters. The van der Waals surface area contributed by atoms with Crippen molar-refractivity contribution in [3.63, 3.8) is 0 Å². The largest absolute Gasteiger partial charge is 0.465 e. The van der Waals surface area contributed by atoms with Crippen molar-refractivity contribution in [1.29, 1.82) is 0 Å². The smallest absolute Gasteiger partial charge is 0.337 e. The molecule has 0 saturated heterocycles. The number of amides is 2. The van der Waals surface area contributed by atoms with E-state index in [1.165, 1.54) is 7.11 Å². The van der Waals surface area contributed by atoms with Gasteiger partial charge in [-0.2, -0.15) is 0 Å². The number of hydrogen-bond acceptors (Lipinski definition) is 4. The normalized spacial score (nSPS) is 18.0. The van der Waals surface area contributed by atoms with Gasteiger partial charge < -0.3 is 15.4 Å². The van der Waals surface area contributed by atoms with Crippen molar-refractivity contribution < 1.29 is 19.1 Å². The predicted octanol–water partition coefficient (Wildman–Crippen LogP) is 3.94. The molecule has 2 N–H and O–H groups in total. The Morgan fingerprint density at radius 3 is 2.03 bits per heavy atom. The highest BCUT2D eigenvalue weighted by Gasteiger charge is 2.34. The van der Waals surface area contributed by atoms with Crippen LogP contribution >= 0.6 is 0 Å². The van der Waals surface area contributed by atoms with E-state index in [1.807, 2.05) is 43.3 Å². The van der Waals surface area contributed by atoms with Crippen LogP contribution in [-0.4, -0.2) is 24.9 Å². The summed E-state index contributed by atoms with van der Waals surface area (Å²) in [7, 11) is 1.32. The molecule has 0 saturated carbocycles. The lowest BCUT2D eigenvalue weighted by Crippen LogP contribution is -2.37. The van der Waals surface area contributed by atoms with E-state index in [1.54, 1.807) is 24.3 Å². The van der Waals surface area contributed by atoms with Crippen molar-refractivity contribution in [2.45, 2.75) is 19.8 Å². The van der Waals surface area contributed by atoms with Crippen LogP contribution in [-0.2, 0) is 14.3 Å². The van der Waals surface area contributed by atoms with E-state index >= 15 is 0 Å². The molecule has 6 heteroatoms. The molecular formula is C23H24N2O4. The van der Waals surface area contributed by atoms with Gasteiger partial charge in [0.05, 0.1) is 24.5 Å². The topological polar surface area (TPSA) is 84.5 Å². The van der Waals surface area contributed by atoms with Gasteiger partial charge in [-0.25, -0.2) is 4.79 Å². The molecule has 1 aliphatic carbocycles. The standard InChI is InChI=1S/C23H24N2O4/c1-15-7-3-6-10-20(15)25-22(27)19-9-5-4-8-18(19)21(26)24-17-13-11-16(12-14-17)23(28)29-2/h3-7,10-14,18-19H,8-9H2,1-2H3,(H,24,26)(H,25,27). The van der Waals surface area contributed by atoms with Crippen LogP contribution < -0.4 is 10.6 Å². The summed E-state index contributed by atoms with van der Waals surface area (Å²) in [6.07, 6.45) is 4.88. The SMILES string of the molecule is COC(=O)c1ccc(NC(=O)C2CC=CCC2C(=O)Nc2ccccc2C)cc1. The summed E-state index contributed by atoms with van der Waals surface area (Å²) in [5.74, 6) is -1.73. The van der Waals surface area contributed by atoms with Gasteiger partial charge in [-0.1, -0.05) is 30.4 Å². The minimum absolute atomic E-state index is 0.162. The Labute approximate surface area is 170 Å². The van der Waals surface area contributed by atoms with Crippen LogP contribution in [0.4, 0.5) is 11.4 Å². The number of anilines is 2. The van der Waals surface area contributed by atoms with Gasteiger partial charge in [-0.3, -0.25) is 9.59 Å². The lowest BCUT2D eigenvalue weighted by atomic mass is 9.81. The summed E-state index contributed by atoms with van der Waals surface area (Å²) < 4.78 is 4.67. The van der Waals surface area contributed by atoms with Crippen LogP contribution in [0, 0.1) is 18.8 Å². The zero-order valence-electron chi connectivity index (χ0n) is 16.5. The lowest BCUT2D eigenvalue weighted by Gasteiger charge is -2.27. The summed E-state index contributed by atoms with van der Waals surface area (Å²) in [5.41, 5.74) is 2.69. The fourth-order valence-electron chi connectivity index (χ4n) is 3.37. The summed E-state index contributed by atoms with van der Waals surface area (Å²) >= 11 is 0. The molecule has 2 aromatic carbocycles. The van der Waals surface area contributed by atoms with Crippen molar-refractivity contribution in [3.8, 4) is 0 Å². The van der Waals surface area contributed by atoms with Crippen molar-refractivity contribution in [2.24, 2.45) is 11.8 Å². The Morgan fingerprint density at radius 1 is 0.862 bits per heavy atom. The number of esters is 1. The van der Waals surface area contributed by atoms with Crippen LogP contribution in [0.2, 0.25) is 0 Å². The first kappa shape index (κ1) is 20.3. The van der Waals surface area contributed by atoms with Crippen LogP contribution in [0.15, 0.2) is 60.7 Å². The van der Waals surface area contributed by atoms with Crippen LogP contribution in [0.1, 0.15) is 28.8 Å². The Bertz CT molecular complexity index is 934. The van der Waals surface area contributed by atoms with Crippen molar-refractivity contribution in [1.82, 2.24) is 0 Å². The number of para-hydroxylation sites is 1. The zero-order chi connectivity index (χ0) is 20.8. The number of aryl methyl sites for hydroxylation is 1. The minimum atomic E-state index is -0.468. The molecule has 0 spiro atoms. The van der Waals surface area contributed by atoms with E-state index in [9.17, 15) is 14.4 Å². The molecule has 3 rings (SSSR count). The molecule has 0 bridgehead atoms. The number of carbonyl (C=O) groups is 3. The van der Waals surface area contributed by atoms with E-state index in [2.05, 4.69) is 15.4 Å². The first-order valence-electron chi connectivity index (χ1n) is 9.50. The molecule has 0 heterocycles. The van der Waals surface area contributed by atoms with Gasteiger partial charge in [-0.15, -0.1) is 0 Å². The zero-order valence-corrected chi connectivity index (χ0v) is 16.5. The number of hydrogen-bond donors (Lipinski definition) is 2. The Kier molecular flexibility index (Phi) is 6.44. The average molecular weight is 392 g/mol. The van der Waals surface area contributed by atoms with Gasteiger partial charge in [0.2, 0.25) is 11.8 Å². The highest BCUT2D eigenvalue weighted by molar-refractivity contribution is 6.00. The molecule has 0 fully saturated rings. The van der Waals surface area contributed by atoms with E-state index < -0.39 is 17.8 Å². The molecular weight excluding hydrogens is 368 g/mol. The number of allylic oxidation sites excluding steroid dienone is 2. The molecule has 2 atom stereocenters. The summed E-state index contributed by atoms with van der Waals surface area (Å²) in [6, 6.07) is 14.0. The van der Waals surface area contributed by atoms with E-state index in [4.69, 9.17) is 0 Å². The van der Waals surface area contributed by atoms with Gasteiger partial charge in [0.15, 0.2) is 0 Å². The molecule has 2 aromatic rings. The van der Waals surface area contributed by atoms with Gasteiger partial charge in [0, 0.05) is 11.4 Å². The maximum atomic E-state index is 12.9. The fourth-order valence-corrected chi connectivity index (χ4v) is 3.37. The van der Waals surface area contributed by atoms with Crippen molar-refractivity contribution in [2.75, 3.05) is 17.7 Å². The maximum Gasteiger partial charge on any atom is 0.337 e. The number of benzene rings is 2. The third-order valence-electron chi connectivity index (χ3n) is 5.08. The average Bonchev–Trinajstić information content (AvgIpc) is 2.75. The van der Waals surface area contributed by atoms with Crippen molar-refractivity contribution in [3.05, 3.63) is 71.8 Å².